The molecule has 2 rings (SSSR count). The van der Waals surface area contributed by atoms with Gasteiger partial charge in [-0.05, 0) is 37.1 Å². The Labute approximate surface area is 106 Å². The molecule has 4 heteroatoms. The van der Waals surface area contributed by atoms with Crippen molar-refractivity contribution in [1.82, 2.24) is 9.78 Å². The molecule has 3 nitrogen and oxygen atoms in total. The first-order chi connectivity index (χ1) is 8.55. The molecule has 2 aromatic rings. The Bertz CT molecular complexity index is 534. The maximum absolute atomic E-state index is 13.3. The highest BCUT2D eigenvalue weighted by atomic mass is 19.1. The molecule has 0 fully saturated rings. The summed E-state index contributed by atoms with van der Waals surface area (Å²) in [5, 5.41) is 14.8. The summed E-state index contributed by atoms with van der Waals surface area (Å²) in [4.78, 5) is 0. The Morgan fingerprint density at radius 3 is 2.83 bits per heavy atom. The van der Waals surface area contributed by atoms with E-state index >= 15 is 0 Å². The van der Waals surface area contributed by atoms with Crippen LogP contribution in [0, 0.1) is 5.82 Å². The first kappa shape index (κ1) is 12.8. The number of halogens is 1. The van der Waals surface area contributed by atoms with Crippen molar-refractivity contribution < 1.29 is 9.50 Å². The minimum atomic E-state index is -1.24. The highest BCUT2D eigenvalue weighted by Gasteiger charge is 2.29. The Hall–Kier alpha value is -1.68. The van der Waals surface area contributed by atoms with E-state index in [9.17, 15) is 9.50 Å². The zero-order chi connectivity index (χ0) is 13.2. The van der Waals surface area contributed by atoms with Crippen molar-refractivity contribution in [2.24, 2.45) is 0 Å². The molecular formula is C14H17FN2O. The van der Waals surface area contributed by atoms with Gasteiger partial charge in [0.15, 0.2) is 0 Å². The van der Waals surface area contributed by atoms with Crippen LogP contribution in [0.4, 0.5) is 4.39 Å². The molecule has 1 N–H and O–H groups in total. The summed E-state index contributed by atoms with van der Waals surface area (Å²) >= 11 is 0. The lowest BCUT2D eigenvalue weighted by atomic mass is 9.92. The van der Waals surface area contributed by atoms with E-state index in [2.05, 4.69) is 5.10 Å². The number of hydrogen-bond acceptors (Lipinski definition) is 2. The molecule has 0 saturated heterocycles. The van der Waals surface area contributed by atoms with E-state index in [0.717, 1.165) is 13.0 Å². The number of aliphatic hydroxyl groups is 1. The SMILES string of the molecule is CCCn1nccc1C(C)(O)c1cccc(F)c1. The van der Waals surface area contributed by atoms with Crippen LogP contribution in [-0.4, -0.2) is 14.9 Å². The van der Waals surface area contributed by atoms with Crippen LogP contribution in [0.2, 0.25) is 0 Å². The van der Waals surface area contributed by atoms with Gasteiger partial charge in [-0.1, -0.05) is 19.1 Å². The molecule has 0 aliphatic heterocycles. The van der Waals surface area contributed by atoms with E-state index in [1.807, 2.05) is 6.92 Å². The predicted octanol–water partition coefficient (Wildman–Crippen LogP) is 2.69. The number of aromatic nitrogens is 2. The molecule has 0 bridgehead atoms. The zero-order valence-corrected chi connectivity index (χ0v) is 10.6. The maximum atomic E-state index is 13.3. The Morgan fingerprint density at radius 2 is 2.17 bits per heavy atom. The monoisotopic (exact) mass is 248 g/mol. The van der Waals surface area contributed by atoms with Gasteiger partial charge in [0.2, 0.25) is 0 Å². The first-order valence-electron chi connectivity index (χ1n) is 6.06. The summed E-state index contributed by atoms with van der Waals surface area (Å²) in [5.74, 6) is -0.352. The minimum Gasteiger partial charge on any atom is -0.379 e. The van der Waals surface area contributed by atoms with Gasteiger partial charge in [0.05, 0.1) is 5.69 Å². The van der Waals surface area contributed by atoms with E-state index < -0.39 is 5.60 Å². The van der Waals surface area contributed by atoms with E-state index in [1.54, 1.807) is 36.0 Å². The van der Waals surface area contributed by atoms with E-state index in [0.29, 0.717) is 11.3 Å². The molecule has 0 radical (unpaired) electrons. The normalized spacial score (nSPS) is 14.4. The molecular weight excluding hydrogens is 231 g/mol. The number of aryl methyl sites for hydroxylation is 1. The molecule has 1 heterocycles. The second-order valence-corrected chi connectivity index (χ2v) is 4.52. The molecule has 1 aromatic heterocycles. The molecule has 0 aliphatic rings. The summed E-state index contributed by atoms with van der Waals surface area (Å²) in [6.45, 7) is 4.43. The van der Waals surface area contributed by atoms with Crippen molar-refractivity contribution in [3.63, 3.8) is 0 Å². The number of rotatable bonds is 4. The summed E-state index contributed by atoms with van der Waals surface area (Å²) in [6, 6.07) is 7.79. The topological polar surface area (TPSA) is 38.0 Å². The second kappa shape index (κ2) is 4.90. The molecule has 0 amide bonds. The van der Waals surface area contributed by atoms with Gasteiger partial charge >= 0.3 is 0 Å². The van der Waals surface area contributed by atoms with E-state index in [-0.39, 0.29) is 5.82 Å². The number of benzene rings is 1. The molecule has 1 atom stereocenters. The van der Waals surface area contributed by atoms with Gasteiger partial charge in [0, 0.05) is 12.7 Å². The van der Waals surface area contributed by atoms with Crippen LogP contribution in [0.5, 0.6) is 0 Å². The van der Waals surface area contributed by atoms with Crippen LogP contribution < -0.4 is 0 Å². The Morgan fingerprint density at radius 1 is 1.39 bits per heavy atom. The number of nitrogens with zero attached hydrogens (tertiary/aromatic N) is 2. The third-order valence-electron chi connectivity index (χ3n) is 3.04. The molecule has 0 spiro atoms. The lowest BCUT2D eigenvalue weighted by Crippen LogP contribution is -2.27. The molecule has 96 valence electrons. The van der Waals surface area contributed by atoms with Crippen molar-refractivity contribution in [2.75, 3.05) is 0 Å². The summed E-state index contributed by atoms with van der Waals surface area (Å²) < 4.78 is 15.0. The predicted molar refractivity (Wildman–Crippen MR) is 67.6 cm³/mol. The zero-order valence-electron chi connectivity index (χ0n) is 10.6. The first-order valence-corrected chi connectivity index (χ1v) is 6.06. The summed E-state index contributed by atoms with van der Waals surface area (Å²) in [6.07, 6.45) is 2.58. The second-order valence-electron chi connectivity index (χ2n) is 4.52. The molecule has 1 aromatic carbocycles. The van der Waals surface area contributed by atoms with Gasteiger partial charge in [0.25, 0.3) is 0 Å². The van der Waals surface area contributed by atoms with Gasteiger partial charge in [-0.2, -0.15) is 5.10 Å². The van der Waals surface area contributed by atoms with Gasteiger partial charge in [-0.25, -0.2) is 4.39 Å². The highest BCUT2D eigenvalue weighted by molar-refractivity contribution is 5.31. The largest absolute Gasteiger partial charge is 0.379 e. The third kappa shape index (κ3) is 2.29. The fourth-order valence-electron chi connectivity index (χ4n) is 2.08. The Balaban J connectivity index is 2.44. The lowest BCUT2D eigenvalue weighted by Gasteiger charge is -2.25. The summed E-state index contributed by atoms with van der Waals surface area (Å²) in [7, 11) is 0. The number of hydrogen-bond donors (Lipinski definition) is 1. The lowest BCUT2D eigenvalue weighted by molar-refractivity contribution is 0.0910. The van der Waals surface area contributed by atoms with Crippen LogP contribution >= 0.6 is 0 Å². The van der Waals surface area contributed by atoms with Crippen molar-refractivity contribution in [3.05, 3.63) is 53.6 Å². The molecule has 0 saturated carbocycles. The highest BCUT2D eigenvalue weighted by Crippen LogP contribution is 2.29. The van der Waals surface area contributed by atoms with Gasteiger partial charge in [-0.15, -0.1) is 0 Å². The maximum Gasteiger partial charge on any atom is 0.128 e. The standard InChI is InChI=1S/C14H17FN2O/c1-3-9-17-13(7-8-16-17)14(2,18)11-5-4-6-12(15)10-11/h4-8,10,18H,3,9H2,1-2H3. The van der Waals surface area contributed by atoms with Crippen molar-refractivity contribution in [3.8, 4) is 0 Å². The molecule has 18 heavy (non-hydrogen) atoms. The van der Waals surface area contributed by atoms with Gasteiger partial charge < -0.3 is 5.11 Å². The average Bonchev–Trinajstić information content (AvgIpc) is 2.78. The Kier molecular flexibility index (Phi) is 3.48. The van der Waals surface area contributed by atoms with E-state index in [1.165, 1.54) is 12.1 Å². The fraction of sp³-hybridized carbons (Fsp3) is 0.357. The van der Waals surface area contributed by atoms with E-state index in [4.69, 9.17) is 0 Å². The third-order valence-corrected chi connectivity index (χ3v) is 3.04. The van der Waals surface area contributed by atoms with Gasteiger partial charge in [-0.3, -0.25) is 4.68 Å². The summed E-state index contributed by atoms with van der Waals surface area (Å²) in [5.41, 5.74) is -0.0383. The fourth-order valence-corrected chi connectivity index (χ4v) is 2.08. The van der Waals surface area contributed by atoms with Crippen LogP contribution in [0.15, 0.2) is 36.5 Å². The van der Waals surface area contributed by atoms with Gasteiger partial charge in [0.1, 0.15) is 11.4 Å². The minimum absolute atomic E-state index is 0.352. The quantitative estimate of drug-likeness (QED) is 0.903. The van der Waals surface area contributed by atoms with Crippen molar-refractivity contribution in [1.29, 1.82) is 0 Å². The molecule has 1 unspecified atom stereocenters. The van der Waals surface area contributed by atoms with Crippen molar-refractivity contribution in [2.45, 2.75) is 32.4 Å². The average molecular weight is 248 g/mol. The van der Waals surface area contributed by atoms with Crippen LogP contribution in [0.3, 0.4) is 0 Å². The van der Waals surface area contributed by atoms with Crippen molar-refractivity contribution >= 4 is 0 Å². The molecule has 0 aliphatic carbocycles. The van der Waals surface area contributed by atoms with Crippen LogP contribution in [-0.2, 0) is 12.1 Å². The smallest absolute Gasteiger partial charge is 0.128 e. The van der Waals surface area contributed by atoms with Crippen LogP contribution in [0.25, 0.3) is 0 Å². The van der Waals surface area contributed by atoms with Crippen LogP contribution in [0.1, 0.15) is 31.5 Å².